The third-order valence-corrected chi connectivity index (χ3v) is 3.14. The van der Waals surface area contributed by atoms with Crippen LogP contribution in [0.3, 0.4) is 0 Å². The number of benzene rings is 1. The molecule has 0 aliphatic heterocycles. The molecule has 0 saturated carbocycles. The molecule has 0 radical (unpaired) electrons. The monoisotopic (exact) mass is 305 g/mol. The highest BCUT2D eigenvalue weighted by Gasteiger charge is 2.23. The van der Waals surface area contributed by atoms with Gasteiger partial charge < -0.3 is 10.4 Å². The van der Waals surface area contributed by atoms with Gasteiger partial charge in [-0.3, -0.25) is 9.35 Å². The molecule has 0 fully saturated rings. The SMILES string of the molecule is O=C(N[C@@H](CCS(=O)(=O)O)C(=O)O)c1ccccc1F. The first-order valence-corrected chi connectivity index (χ1v) is 7.05. The molecular formula is C11H12FNO6S. The summed E-state index contributed by atoms with van der Waals surface area (Å²) >= 11 is 0. The lowest BCUT2D eigenvalue weighted by molar-refractivity contribution is -0.139. The third kappa shape index (κ3) is 4.94. The van der Waals surface area contributed by atoms with Crippen molar-refractivity contribution in [1.82, 2.24) is 5.32 Å². The van der Waals surface area contributed by atoms with Crippen LogP contribution in [0.15, 0.2) is 24.3 Å². The second-order valence-electron chi connectivity index (χ2n) is 3.92. The summed E-state index contributed by atoms with van der Waals surface area (Å²) < 4.78 is 43.0. The summed E-state index contributed by atoms with van der Waals surface area (Å²) in [6.07, 6.45) is -0.533. The predicted molar refractivity (Wildman–Crippen MR) is 66.3 cm³/mol. The van der Waals surface area contributed by atoms with E-state index in [1.165, 1.54) is 12.1 Å². The second kappa shape index (κ2) is 6.44. The molecule has 3 N–H and O–H groups in total. The number of carbonyl (C=O) groups excluding carboxylic acids is 1. The van der Waals surface area contributed by atoms with E-state index >= 15 is 0 Å². The van der Waals surface area contributed by atoms with E-state index in [9.17, 15) is 22.4 Å². The van der Waals surface area contributed by atoms with Crippen molar-refractivity contribution in [2.45, 2.75) is 12.5 Å². The fourth-order valence-electron chi connectivity index (χ4n) is 1.41. The summed E-state index contributed by atoms with van der Waals surface area (Å²) in [6.45, 7) is 0. The zero-order chi connectivity index (χ0) is 15.3. The quantitative estimate of drug-likeness (QED) is 0.649. The van der Waals surface area contributed by atoms with E-state index in [2.05, 4.69) is 0 Å². The van der Waals surface area contributed by atoms with Crippen LogP contribution < -0.4 is 5.32 Å². The van der Waals surface area contributed by atoms with Crippen molar-refractivity contribution in [2.75, 3.05) is 5.75 Å². The molecule has 0 aromatic heterocycles. The van der Waals surface area contributed by atoms with Crippen molar-refractivity contribution >= 4 is 22.0 Å². The molecule has 7 nitrogen and oxygen atoms in total. The molecule has 0 aliphatic rings. The van der Waals surface area contributed by atoms with Gasteiger partial charge in [-0.2, -0.15) is 8.42 Å². The molecule has 1 rings (SSSR count). The Labute approximate surface area is 114 Å². The smallest absolute Gasteiger partial charge is 0.326 e. The molecule has 0 heterocycles. The summed E-state index contributed by atoms with van der Waals surface area (Å²) in [6, 6.07) is 3.39. The van der Waals surface area contributed by atoms with Gasteiger partial charge in [0.1, 0.15) is 11.9 Å². The van der Waals surface area contributed by atoms with Crippen LogP contribution in [0.4, 0.5) is 4.39 Å². The van der Waals surface area contributed by atoms with Crippen LogP contribution in [0.5, 0.6) is 0 Å². The van der Waals surface area contributed by atoms with Gasteiger partial charge in [-0.25, -0.2) is 9.18 Å². The number of amides is 1. The van der Waals surface area contributed by atoms with Gasteiger partial charge in [0.05, 0.1) is 11.3 Å². The largest absolute Gasteiger partial charge is 0.480 e. The molecule has 9 heteroatoms. The van der Waals surface area contributed by atoms with Crippen molar-refractivity contribution in [3.63, 3.8) is 0 Å². The lowest BCUT2D eigenvalue weighted by atomic mass is 10.1. The van der Waals surface area contributed by atoms with Gasteiger partial charge in [-0.15, -0.1) is 0 Å². The first kappa shape index (κ1) is 16.1. The molecule has 1 aromatic carbocycles. The Balaban J connectivity index is 2.79. The first-order valence-electron chi connectivity index (χ1n) is 5.44. The minimum absolute atomic E-state index is 0.356. The summed E-state index contributed by atoms with van der Waals surface area (Å²) in [7, 11) is -4.35. The highest BCUT2D eigenvalue weighted by atomic mass is 32.2. The van der Waals surface area contributed by atoms with E-state index in [0.29, 0.717) is 0 Å². The van der Waals surface area contributed by atoms with Gasteiger partial charge in [-0.05, 0) is 18.6 Å². The van der Waals surface area contributed by atoms with E-state index < -0.39 is 46.0 Å². The molecule has 0 saturated heterocycles. The van der Waals surface area contributed by atoms with Crippen LogP contribution in [0, 0.1) is 5.82 Å². The van der Waals surface area contributed by atoms with Gasteiger partial charge in [-0.1, -0.05) is 12.1 Å². The van der Waals surface area contributed by atoms with Gasteiger partial charge in [0.2, 0.25) is 0 Å². The van der Waals surface area contributed by atoms with E-state index in [1.54, 1.807) is 0 Å². The maximum absolute atomic E-state index is 13.3. The van der Waals surface area contributed by atoms with Gasteiger partial charge in [0.25, 0.3) is 16.0 Å². The van der Waals surface area contributed by atoms with Crippen LogP contribution >= 0.6 is 0 Å². The van der Waals surface area contributed by atoms with E-state index in [-0.39, 0.29) is 5.56 Å². The Morgan fingerprint density at radius 1 is 1.30 bits per heavy atom. The molecular weight excluding hydrogens is 293 g/mol. The summed E-state index contributed by atoms with van der Waals surface area (Å²) in [5, 5.41) is 10.8. The van der Waals surface area contributed by atoms with Crippen molar-refractivity contribution < 1.29 is 32.1 Å². The van der Waals surface area contributed by atoms with Crippen molar-refractivity contribution in [2.24, 2.45) is 0 Å². The molecule has 110 valence electrons. The molecule has 0 aliphatic carbocycles. The van der Waals surface area contributed by atoms with Crippen molar-refractivity contribution in [3.8, 4) is 0 Å². The lowest BCUT2D eigenvalue weighted by Crippen LogP contribution is -2.42. The minimum atomic E-state index is -4.35. The molecule has 1 amide bonds. The normalized spacial score (nSPS) is 12.7. The Bertz CT molecular complexity index is 615. The minimum Gasteiger partial charge on any atom is -0.480 e. The number of carboxylic acids is 1. The number of rotatable bonds is 6. The standard InChI is InChI=1S/C11H12FNO6S/c12-8-4-2-1-3-7(8)10(14)13-9(11(15)16)5-6-20(17,18)19/h1-4,9H,5-6H2,(H,13,14)(H,15,16)(H,17,18,19)/t9-/m0/s1. The third-order valence-electron chi connectivity index (χ3n) is 2.39. The number of carbonyl (C=O) groups is 2. The number of aliphatic carboxylic acids is 1. The van der Waals surface area contributed by atoms with Crippen LogP contribution in [0.1, 0.15) is 16.8 Å². The second-order valence-corrected chi connectivity index (χ2v) is 5.49. The predicted octanol–water partition coefficient (Wildman–Crippen LogP) is 0.287. The number of hydrogen-bond donors (Lipinski definition) is 3. The van der Waals surface area contributed by atoms with E-state index in [4.69, 9.17) is 9.66 Å². The highest BCUT2D eigenvalue weighted by molar-refractivity contribution is 7.85. The van der Waals surface area contributed by atoms with E-state index in [0.717, 1.165) is 12.1 Å². The maximum Gasteiger partial charge on any atom is 0.326 e. The fraction of sp³-hybridized carbons (Fsp3) is 0.273. The Hall–Kier alpha value is -2.00. The summed E-state index contributed by atoms with van der Waals surface area (Å²) in [5.41, 5.74) is -0.356. The summed E-state index contributed by atoms with van der Waals surface area (Å²) in [4.78, 5) is 22.6. The molecule has 0 unspecified atom stereocenters. The molecule has 0 spiro atoms. The van der Waals surface area contributed by atoms with Crippen LogP contribution in [-0.2, 0) is 14.9 Å². The van der Waals surface area contributed by atoms with Gasteiger partial charge >= 0.3 is 5.97 Å². The summed E-state index contributed by atoms with van der Waals surface area (Å²) in [5.74, 6) is -4.13. The Kier molecular flexibility index (Phi) is 5.17. The van der Waals surface area contributed by atoms with Crippen LogP contribution in [0.2, 0.25) is 0 Å². The number of hydrogen-bond acceptors (Lipinski definition) is 4. The molecule has 20 heavy (non-hydrogen) atoms. The topological polar surface area (TPSA) is 121 Å². The van der Waals surface area contributed by atoms with Gasteiger partial charge in [0, 0.05) is 0 Å². The molecule has 1 aromatic rings. The van der Waals surface area contributed by atoms with Crippen LogP contribution in [0.25, 0.3) is 0 Å². The fourth-order valence-corrected chi connectivity index (χ4v) is 1.94. The Morgan fingerprint density at radius 3 is 2.40 bits per heavy atom. The average Bonchev–Trinajstić information content (AvgIpc) is 2.33. The van der Waals surface area contributed by atoms with Crippen molar-refractivity contribution in [3.05, 3.63) is 35.6 Å². The number of halogens is 1. The molecule has 0 bridgehead atoms. The van der Waals surface area contributed by atoms with E-state index in [1.807, 2.05) is 5.32 Å². The first-order chi connectivity index (χ1) is 9.20. The maximum atomic E-state index is 13.3. The zero-order valence-corrected chi connectivity index (χ0v) is 10.9. The lowest BCUT2D eigenvalue weighted by Gasteiger charge is -2.14. The van der Waals surface area contributed by atoms with Gasteiger partial charge in [0.15, 0.2) is 0 Å². The molecule has 1 atom stereocenters. The van der Waals surface area contributed by atoms with Crippen LogP contribution in [-0.4, -0.2) is 41.7 Å². The zero-order valence-electron chi connectivity index (χ0n) is 10.1. The Morgan fingerprint density at radius 2 is 1.90 bits per heavy atom. The number of nitrogens with one attached hydrogen (secondary N) is 1. The van der Waals surface area contributed by atoms with Crippen molar-refractivity contribution in [1.29, 1.82) is 0 Å². The highest BCUT2D eigenvalue weighted by Crippen LogP contribution is 2.07. The number of carboxylic acid groups (broad SMARTS) is 1. The average molecular weight is 305 g/mol.